The summed E-state index contributed by atoms with van der Waals surface area (Å²) >= 11 is 0. The van der Waals surface area contributed by atoms with Gasteiger partial charge in [-0.1, -0.05) is 60.7 Å². The first-order valence-corrected chi connectivity index (χ1v) is 9.43. The Labute approximate surface area is 158 Å². The van der Waals surface area contributed by atoms with Crippen LogP contribution in [-0.4, -0.2) is 9.97 Å². The molecule has 2 aliphatic rings. The number of fused-ring (bicyclic) bond motifs is 1. The van der Waals surface area contributed by atoms with E-state index in [-0.39, 0.29) is 0 Å². The van der Waals surface area contributed by atoms with Gasteiger partial charge in [0.25, 0.3) is 0 Å². The van der Waals surface area contributed by atoms with Crippen LogP contribution in [0.1, 0.15) is 35.2 Å². The zero-order valence-electron chi connectivity index (χ0n) is 15.0. The molecule has 0 radical (unpaired) electrons. The van der Waals surface area contributed by atoms with E-state index in [0.29, 0.717) is 12.4 Å². The van der Waals surface area contributed by atoms with Gasteiger partial charge in [-0.25, -0.2) is 9.97 Å². The second-order valence-corrected chi connectivity index (χ2v) is 7.48. The predicted octanol–water partition coefficient (Wildman–Crippen LogP) is 4.14. The van der Waals surface area contributed by atoms with Crippen LogP contribution in [0.5, 0.6) is 0 Å². The highest BCUT2D eigenvalue weighted by atomic mass is 15.2. The van der Waals surface area contributed by atoms with Crippen LogP contribution in [0.3, 0.4) is 0 Å². The second-order valence-electron chi connectivity index (χ2n) is 7.48. The molecule has 1 fully saturated rings. The van der Waals surface area contributed by atoms with Crippen LogP contribution in [0.4, 0.5) is 5.95 Å². The van der Waals surface area contributed by atoms with Crippen molar-refractivity contribution in [2.24, 2.45) is 0 Å². The standard InChI is InChI=1S/C23H20N4/c24-16-22(18-9-3-1-4-10-18)15-23(22,19-11-5-2-6-12-19)27-21-25-14-17-8-7-13-20(17)26-21/h1-6,9-12,14H,7-8,13,15H2,(H,25,26,27). The van der Waals surface area contributed by atoms with E-state index >= 15 is 0 Å². The number of aromatic nitrogens is 2. The summed E-state index contributed by atoms with van der Waals surface area (Å²) in [5.41, 5.74) is 3.37. The third-order valence-corrected chi connectivity index (χ3v) is 6.00. The maximum atomic E-state index is 10.2. The Morgan fingerprint density at radius 1 is 0.926 bits per heavy atom. The minimum atomic E-state index is -0.627. The average Bonchev–Trinajstić information content (AvgIpc) is 3.16. The molecule has 4 heteroatoms. The number of rotatable bonds is 4. The fraction of sp³-hybridized carbons (Fsp3) is 0.261. The molecular weight excluding hydrogens is 332 g/mol. The van der Waals surface area contributed by atoms with E-state index in [9.17, 15) is 5.26 Å². The molecule has 5 rings (SSSR count). The van der Waals surface area contributed by atoms with Crippen LogP contribution < -0.4 is 5.32 Å². The Balaban J connectivity index is 1.60. The monoisotopic (exact) mass is 352 g/mol. The van der Waals surface area contributed by atoms with Gasteiger partial charge >= 0.3 is 0 Å². The Bertz CT molecular complexity index is 1030. The number of nitrogens with zero attached hydrogens (tertiary/aromatic N) is 3. The van der Waals surface area contributed by atoms with E-state index < -0.39 is 11.0 Å². The Morgan fingerprint density at radius 2 is 1.63 bits per heavy atom. The van der Waals surface area contributed by atoms with Crippen molar-refractivity contribution in [2.75, 3.05) is 5.32 Å². The lowest BCUT2D eigenvalue weighted by molar-refractivity contribution is 0.684. The average molecular weight is 352 g/mol. The van der Waals surface area contributed by atoms with Crippen molar-refractivity contribution >= 4 is 5.95 Å². The Morgan fingerprint density at radius 3 is 2.33 bits per heavy atom. The van der Waals surface area contributed by atoms with Gasteiger partial charge in [-0.2, -0.15) is 5.26 Å². The normalized spacial score (nSPS) is 25.4. The van der Waals surface area contributed by atoms with Crippen molar-refractivity contribution in [3.05, 3.63) is 89.2 Å². The second kappa shape index (κ2) is 5.92. The fourth-order valence-corrected chi connectivity index (χ4v) is 4.48. The van der Waals surface area contributed by atoms with Gasteiger partial charge in [0.15, 0.2) is 0 Å². The van der Waals surface area contributed by atoms with Crippen molar-refractivity contribution in [1.29, 1.82) is 5.26 Å². The van der Waals surface area contributed by atoms with Gasteiger partial charge in [0.1, 0.15) is 5.41 Å². The lowest BCUT2D eigenvalue weighted by atomic mass is 9.88. The van der Waals surface area contributed by atoms with Gasteiger partial charge in [0, 0.05) is 18.3 Å². The molecule has 0 saturated heterocycles. The van der Waals surface area contributed by atoms with Crippen molar-refractivity contribution in [3.8, 4) is 6.07 Å². The highest BCUT2D eigenvalue weighted by Crippen LogP contribution is 2.64. The molecule has 2 aromatic carbocycles. The van der Waals surface area contributed by atoms with Crippen LogP contribution in [0, 0.1) is 11.3 Å². The van der Waals surface area contributed by atoms with Gasteiger partial charge in [0.05, 0.1) is 11.6 Å². The van der Waals surface area contributed by atoms with Crippen LogP contribution in [0.25, 0.3) is 0 Å². The first-order valence-electron chi connectivity index (χ1n) is 9.43. The van der Waals surface area contributed by atoms with Gasteiger partial charge in [-0.3, -0.25) is 0 Å². The van der Waals surface area contributed by atoms with E-state index in [1.807, 2.05) is 54.7 Å². The summed E-state index contributed by atoms with van der Waals surface area (Å²) in [6.07, 6.45) is 5.85. The first-order chi connectivity index (χ1) is 13.3. The Hall–Kier alpha value is -3.19. The number of hydrogen-bond donors (Lipinski definition) is 1. The van der Waals surface area contributed by atoms with Crippen molar-refractivity contribution in [2.45, 2.75) is 36.6 Å². The smallest absolute Gasteiger partial charge is 0.223 e. The first kappa shape index (κ1) is 16.0. The van der Waals surface area contributed by atoms with Gasteiger partial charge in [0.2, 0.25) is 5.95 Å². The molecule has 2 aliphatic carbocycles. The van der Waals surface area contributed by atoms with Crippen molar-refractivity contribution in [1.82, 2.24) is 9.97 Å². The molecule has 0 spiro atoms. The van der Waals surface area contributed by atoms with Crippen LogP contribution in [0.15, 0.2) is 66.9 Å². The molecular formula is C23H20N4. The molecule has 1 saturated carbocycles. The third-order valence-electron chi connectivity index (χ3n) is 6.00. The maximum Gasteiger partial charge on any atom is 0.223 e. The SMILES string of the molecule is N#CC1(c2ccccc2)CC1(Nc1ncc2c(n1)CCC2)c1ccccc1. The summed E-state index contributed by atoms with van der Waals surface area (Å²) in [4.78, 5) is 9.33. The van der Waals surface area contributed by atoms with Crippen molar-refractivity contribution in [3.63, 3.8) is 0 Å². The zero-order valence-corrected chi connectivity index (χ0v) is 15.0. The van der Waals surface area contributed by atoms with Crippen LogP contribution in [0.2, 0.25) is 0 Å². The highest BCUT2D eigenvalue weighted by molar-refractivity contribution is 5.60. The van der Waals surface area contributed by atoms with E-state index in [0.717, 1.165) is 36.1 Å². The molecule has 3 aromatic rings. The molecule has 1 N–H and O–H groups in total. The highest BCUT2D eigenvalue weighted by Gasteiger charge is 2.71. The molecule has 4 nitrogen and oxygen atoms in total. The molecule has 1 aromatic heterocycles. The van der Waals surface area contributed by atoms with E-state index in [4.69, 9.17) is 4.98 Å². The number of hydrogen-bond acceptors (Lipinski definition) is 4. The van der Waals surface area contributed by atoms with Crippen molar-refractivity contribution < 1.29 is 0 Å². The summed E-state index contributed by atoms with van der Waals surface area (Å²) in [6, 6.07) is 22.9. The molecule has 1 heterocycles. The number of benzene rings is 2. The van der Waals surface area contributed by atoms with Crippen LogP contribution >= 0.6 is 0 Å². The van der Waals surface area contributed by atoms with Crippen LogP contribution in [-0.2, 0) is 23.8 Å². The van der Waals surface area contributed by atoms with E-state index in [1.165, 1.54) is 5.56 Å². The summed E-state index contributed by atoms with van der Waals surface area (Å²) < 4.78 is 0. The molecule has 0 aliphatic heterocycles. The number of nitrogens with one attached hydrogen (secondary N) is 1. The number of nitriles is 1. The topological polar surface area (TPSA) is 61.6 Å². The van der Waals surface area contributed by atoms with E-state index in [2.05, 4.69) is 28.5 Å². The van der Waals surface area contributed by atoms with Gasteiger partial charge < -0.3 is 5.32 Å². The Kier molecular flexibility index (Phi) is 3.51. The lowest BCUT2D eigenvalue weighted by Gasteiger charge is -2.24. The quantitative estimate of drug-likeness (QED) is 0.767. The third kappa shape index (κ3) is 2.35. The van der Waals surface area contributed by atoms with E-state index in [1.54, 1.807) is 0 Å². The summed E-state index contributed by atoms with van der Waals surface area (Å²) in [7, 11) is 0. The van der Waals surface area contributed by atoms with Gasteiger partial charge in [-0.15, -0.1) is 0 Å². The maximum absolute atomic E-state index is 10.2. The molecule has 2 unspecified atom stereocenters. The molecule has 27 heavy (non-hydrogen) atoms. The minimum Gasteiger partial charge on any atom is -0.343 e. The molecule has 132 valence electrons. The summed E-state index contributed by atoms with van der Waals surface area (Å²) in [5, 5.41) is 13.8. The summed E-state index contributed by atoms with van der Waals surface area (Å²) in [5.74, 6) is 0.618. The number of anilines is 1. The number of aryl methyl sites for hydroxylation is 2. The molecule has 0 bridgehead atoms. The summed E-state index contributed by atoms with van der Waals surface area (Å²) in [6.45, 7) is 0. The largest absolute Gasteiger partial charge is 0.343 e. The zero-order chi connectivity index (χ0) is 18.3. The molecule has 2 atom stereocenters. The lowest BCUT2D eigenvalue weighted by Crippen LogP contribution is -2.30. The predicted molar refractivity (Wildman–Crippen MR) is 104 cm³/mol. The fourth-order valence-electron chi connectivity index (χ4n) is 4.48. The van der Waals surface area contributed by atoms with Gasteiger partial charge in [-0.05, 0) is 36.0 Å². The minimum absolute atomic E-state index is 0.517. The molecule has 0 amide bonds.